The molecule has 1 spiro atoms. The number of hydrogen-bond donors (Lipinski definition) is 1. The predicted octanol–water partition coefficient (Wildman–Crippen LogP) is 4.58. The lowest BCUT2D eigenvalue weighted by molar-refractivity contribution is -0.116. The molecule has 0 radical (unpaired) electrons. The van der Waals surface area contributed by atoms with Crippen LogP contribution < -0.4 is 15.6 Å². The molecule has 1 aromatic carbocycles. The van der Waals surface area contributed by atoms with Crippen molar-refractivity contribution in [2.24, 2.45) is 5.41 Å². The van der Waals surface area contributed by atoms with E-state index in [1.807, 2.05) is 73.3 Å². The van der Waals surface area contributed by atoms with E-state index in [2.05, 4.69) is 15.2 Å². The van der Waals surface area contributed by atoms with Gasteiger partial charge >= 0.3 is 6.09 Å². The van der Waals surface area contributed by atoms with Crippen molar-refractivity contribution < 1.29 is 14.3 Å². The van der Waals surface area contributed by atoms with Gasteiger partial charge in [-0.3, -0.25) is 14.0 Å². The Kier molecular flexibility index (Phi) is 7.54. The molecule has 3 aromatic heterocycles. The molecule has 0 bridgehead atoms. The highest BCUT2D eigenvalue weighted by atomic mass is 32.1. The van der Waals surface area contributed by atoms with Crippen LogP contribution >= 0.6 is 11.3 Å². The number of fused-ring (bicyclic) bond motifs is 5. The lowest BCUT2D eigenvalue weighted by Crippen LogP contribution is -2.46. The van der Waals surface area contributed by atoms with Crippen molar-refractivity contribution in [1.82, 2.24) is 24.2 Å². The Balaban J connectivity index is 1.31. The summed E-state index contributed by atoms with van der Waals surface area (Å²) in [6, 6.07) is 7.94. The van der Waals surface area contributed by atoms with Gasteiger partial charge in [0.15, 0.2) is 5.65 Å². The Morgan fingerprint density at radius 1 is 1.12 bits per heavy atom. The number of benzene rings is 1. The molecule has 0 atom stereocenters. The average molecular weight is 606 g/mol. The van der Waals surface area contributed by atoms with E-state index in [9.17, 15) is 14.4 Å². The number of aromatic nitrogens is 3. The number of nitrogens with one attached hydrogen (secondary N) is 1. The van der Waals surface area contributed by atoms with Gasteiger partial charge in [-0.2, -0.15) is 4.98 Å². The molecule has 0 aliphatic carbocycles. The first kappa shape index (κ1) is 29.3. The fourth-order valence-electron chi connectivity index (χ4n) is 6.08. The Morgan fingerprint density at radius 3 is 2.56 bits per heavy atom. The zero-order chi connectivity index (χ0) is 30.5. The molecule has 2 amide bonds. The van der Waals surface area contributed by atoms with Crippen LogP contribution in [0.5, 0.6) is 0 Å². The number of carbonyl (C=O) groups excluding carboxylic acids is 2. The largest absolute Gasteiger partial charge is 0.444 e. The predicted molar refractivity (Wildman–Crippen MR) is 170 cm³/mol. The van der Waals surface area contributed by atoms with Gasteiger partial charge < -0.3 is 24.8 Å². The van der Waals surface area contributed by atoms with Crippen molar-refractivity contribution in [1.29, 1.82) is 0 Å². The van der Waals surface area contributed by atoms with Gasteiger partial charge in [0.1, 0.15) is 16.1 Å². The monoisotopic (exact) mass is 605 g/mol. The first-order valence-corrected chi connectivity index (χ1v) is 15.7. The Morgan fingerprint density at radius 2 is 1.84 bits per heavy atom. The van der Waals surface area contributed by atoms with Gasteiger partial charge in [-0.15, -0.1) is 11.3 Å². The van der Waals surface area contributed by atoms with E-state index in [4.69, 9.17) is 9.72 Å². The number of nitrogens with zero attached hydrogens (tertiary/aromatic N) is 6. The number of ether oxygens (including phenoxy) is 1. The van der Waals surface area contributed by atoms with E-state index in [1.54, 1.807) is 6.20 Å². The second-order valence-corrected chi connectivity index (χ2v) is 14.1. The minimum Gasteiger partial charge on any atom is -0.444 e. The van der Waals surface area contributed by atoms with Crippen LogP contribution in [0.25, 0.3) is 26.1 Å². The van der Waals surface area contributed by atoms with Gasteiger partial charge in [0.2, 0.25) is 17.3 Å². The van der Waals surface area contributed by atoms with E-state index in [0.29, 0.717) is 41.4 Å². The number of likely N-dealkylation sites (tertiary alicyclic amines) is 1. The smallest absolute Gasteiger partial charge is 0.410 e. The molecule has 5 heterocycles. The third kappa shape index (κ3) is 5.77. The molecular formula is C31H39N7O4S. The molecule has 12 heteroatoms. The standard InChI is InChI=1S/C31H39N7O4S/c1-30(2,3)42-29(41)36-15-11-31(12-16-36)13-17-37(19-31)28-32-18-20-25(40)24(33-23(39)10-14-35(4)5)27-38(26(20)34-28)21-8-6-7-9-22(21)43-27/h6-9,18H,10-17,19H2,1-5H3,(H,33,39). The van der Waals surface area contributed by atoms with E-state index >= 15 is 0 Å². The van der Waals surface area contributed by atoms with E-state index in [0.717, 1.165) is 42.6 Å². The first-order chi connectivity index (χ1) is 20.4. The molecule has 11 nitrogen and oxygen atoms in total. The van der Waals surface area contributed by atoms with Crippen LogP contribution in [0.1, 0.15) is 46.5 Å². The molecule has 0 unspecified atom stereocenters. The molecule has 0 saturated carbocycles. The van der Waals surface area contributed by atoms with Gasteiger partial charge in [-0.05, 0) is 71.7 Å². The number of thiazole rings is 1. The van der Waals surface area contributed by atoms with Crippen LogP contribution in [0, 0.1) is 5.41 Å². The van der Waals surface area contributed by atoms with Crippen LogP contribution in [0.3, 0.4) is 0 Å². The number of pyridine rings is 1. The number of rotatable bonds is 5. The number of hydrogen-bond acceptors (Lipinski definition) is 9. The second kappa shape index (κ2) is 11.1. The van der Waals surface area contributed by atoms with Gasteiger partial charge in [0, 0.05) is 45.3 Å². The summed E-state index contributed by atoms with van der Waals surface area (Å²) < 4.78 is 8.56. The third-order valence-electron chi connectivity index (χ3n) is 8.42. The van der Waals surface area contributed by atoms with E-state index in [-0.39, 0.29) is 35.0 Å². The van der Waals surface area contributed by atoms with Gasteiger partial charge in [-0.1, -0.05) is 12.1 Å². The number of anilines is 2. The van der Waals surface area contributed by atoms with Gasteiger partial charge in [0.25, 0.3) is 0 Å². The minimum atomic E-state index is -0.511. The maximum atomic E-state index is 13.8. The molecular weight excluding hydrogens is 566 g/mol. The van der Waals surface area contributed by atoms with E-state index < -0.39 is 5.60 Å². The molecule has 2 fully saturated rings. The van der Waals surface area contributed by atoms with Crippen molar-refractivity contribution in [2.45, 2.75) is 52.1 Å². The lowest BCUT2D eigenvalue weighted by atomic mass is 9.78. The summed E-state index contributed by atoms with van der Waals surface area (Å²) in [5.41, 5.74) is 1.02. The maximum Gasteiger partial charge on any atom is 0.410 e. The van der Waals surface area contributed by atoms with Crippen LogP contribution in [0.4, 0.5) is 16.4 Å². The number of carbonyl (C=O) groups is 2. The van der Waals surface area contributed by atoms with Crippen LogP contribution in [0.15, 0.2) is 35.3 Å². The van der Waals surface area contributed by atoms with E-state index in [1.165, 1.54) is 11.3 Å². The fraction of sp³-hybridized carbons (Fsp3) is 0.516. The molecule has 43 heavy (non-hydrogen) atoms. The van der Waals surface area contributed by atoms with Gasteiger partial charge in [-0.25, -0.2) is 9.78 Å². The van der Waals surface area contributed by atoms with Crippen molar-refractivity contribution in [3.63, 3.8) is 0 Å². The fourth-order valence-corrected chi connectivity index (χ4v) is 7.22. The Labute approximate surface area is 254 Å². The number of para-hydroxylation sites is 1. The molecule has 2 aliphatic heterocycles. The van der Waals surface area contributed by atoms with Crippen molar-refractivity contribution in [3.8, 4) is 0 Å². The Bertz CT molecular complexity index is 1770. The van der Waals surface area contributed by atoms with Crippen LogP contribution in [-0.4, -0.2) is 88.6 Å². The molecule has 6 rings (SSSR count). The molecule has 1 N–H and O–H groups in total. The van der Waals surface area contributed by atoms with Crippen molar-refractivity contribution >= 4 is 61.1 Å². The second-order valence-electron chi connectivity index (χ2n) is 13.1. The summed E-state index contributed by atoms with van der Waals surface area (Å²) in [5.74, 6) is 0.382. The molecule has 2 saturated heterocycles. The zero-order valence-electron chi connectivity index (χ0n) is 25.5. The summed E-state index contributed by atoms with van der Waals surface area (Å²) in [5, 5.41) is 3.27. The highest BCUT2D eigenvalue weighted by Gasteiger charge is 2.43. The summed E-state index contributed by atoms with van der Waals surface area (Å²) in [6.07, 6.45) is 4.41. The Hall–Kier alpha value is -3.77. The van der Waals surface area contributed by atoms with Gasteiger partial charge in [0.05, 0.1) is 15.6 Å². The summed E-state index contributed by atoms with van der Waals surface area (Å²) >= 11 is 1.47. The minimum absolute atomic E-state index is 0.0821. The number of piperidine rings is 1. The zero-order valence-corrected chi connectivity index (χ0v) is 26.3. The first-order valence-electron chi connectivity index (χ1n) is 14.8. The summed E-state index contributed by atoms with van der Waals surface area (Å²) in [6.45, 7) is 9.18. The molecule has 228 valence electrons. The SMILES string of the molecule is CN(C)CCC(=O)Nc1c(=O)c2cnc(N3CCC4(CCN(C(=O)OC(C)(C)C)CC4)C3)nc2n2c1sc1ccccc12. The normalized spacial score (nSPS) is 17.1. The summed E-state index contributed by atoms with van der Waals surface area (Å²) in [4.78, 5) is 55.4. The van der Waals surface area contributed by atoms with Crippen LogP contribution in [-0.2, 0) is 9.53 Å². The highest BCUT2D eigenvalue weighted by Crippen LogP contribution is 2.42. The third-order valence-corrected chi connectivity index (χ3v) is 9.56. The quantitative estimate of drug-likeness (QED) is 0.352. The number of amides is 2. The van der Waals surface area contributed by atoms with Crippen molar-refractivity contribution in [3.05, 3.63) is 40.7 Å². The topological polar surface area (TPSA) is 112 Å². The molecule has 2 aliphatic rings. The average Bonchev–Trinajstić information content (AvgIpc) is 3.55. The summed E-state index contributed by atoms with van der Waals surface area (Å²) in [7, 11) is 3.82. The molecule has 4 aromatic rings. The van der Waals surface area contributed by atoms with Crippen molar-refractivity contribution in [2.75, 3.05) is 57.0 Å². The van der Waals surface area contributed by atoms with Crippen LogP contribution in [0.2, 0.25) is 0 Å². The lowest BCUT2D eigenvalue weighted by Gasteiger charge is -2.39. The highest BCUT2D eigenvalue weighted by molar-refractivity contribution is 7.24. The maximum absolute atomic E-state index is 13.8.